The van der Waals surface area contributed by atoms with Crippen LogP contribution in [0.3, 0.4) is 0 Å². The summed E-state index contributed by atoms with van der Waals surface area (Å²) >= 11 is 0. The fourth-order valence-electron chi connectivity index (χ4n) is 5.68. The molecule has 1 aliphatic carbocycles. The lowest BCUT2D eigenvalue weighted by Gasteiger charge is -2.38. The molecule has 2 aliphatic heterocycles. The Morgan fingerprint density at radius 3 is 2.76 bits per heavy atom. The van der Waals surface area contributed by atoms with Crippen LogP contribution in [0.1, 0.15) is 71.1 Å². The van der Waals surface area contributed by atoms with E-state index < -0.39 is 20.4 Å². The Balaban J connectivity index is 1.31. The van der Waals surface area contributed by atoms with Gasteiger partial charge >= 0.3 is 5.69 Å². The number of carbonyl (C=O) groups is 1. The smallest absolute Gasteiger partial charge is 0.351 e. The summed E-state index contributed by atoms with van der Waals surface area (Å²) in [5.74, 6) is -0.137. The van der Waals surface area contributed by atoms with Crippen molar-refractivity contribution in [3.8, 4) is 0 Å². The Hall–Kier alpha value is -2.16. The summed E-state index contributed by atoms with van der Waals surface area (Å²) < 4.78 is 23.6. The van der Waals surface area contributed by atoms with Crippen LogP contribution in [0.25, 0.3) is 0 Å². The molecule has 0 bridgehead atoms. The van der Waals surface area contributed by atoms with Gasteiger partial charge in [0.15, 0.2) is 0 Å². The molecule has 1 aromatic heterocycles. The zero-order chi connectivity index (χ0) is 26.2. The quantitative estimate of drug-likeness (QED) is 0.508. The lowest BCUT2D eigenvalue weighted by Crippen LogP contribution is -2.44. The zero-order valence-corrected chi connectivity index (χ0v) is 22.9. The first kappa shape index (κ1) is 26.4. The van der Waals surface area contributed by atoms with Gasteiger partial charge in [0, 0.05) is 18.5 Å². The van der Waals surface area contributed by atoms with Crippen molar-refractivity contribution in [2.75, 3.05) is 12.4 Å². The van der Waals surface area contributed by atoms with Crippen LogP contribution in [0.4, 0.5) is 5.82 Å². The van der Waals surface area contributed by atoms with Gasteiger partial charge in [0.25, 0.3) is 8.53 Å². The molecule has 3 heterocycles. The average molecular weight is 529 g/mol. The second kappa shape index (κ2) is 10.9. The summed E-state index contributed by atoms with van der Waals surface area (Å²) in [5.41, 5.74) is 0.406. The van der Waals surface area contributed by atoms with Gasteiger partial charge in [-0.25, -0.2) is 9.46 Å². The summed E-state index contributed by atoms with van der Waals surface area (Å²) in [4.78, 5) is 28.8. The van der Waals surface area contributed by atoms with Gasteiger partial charge in [-0.15, -0.1) is 0 Å². The lowest BCUT2D eigenvalue weighted by atomic mass is 9.76. The van der Waals surface area contributed by atoms with E-state index >= 15 is 0 Å². The predicted molar refractivity (Wildman–Crippen MR) is 142 cm³/mol. The molecule has 0 spiro atoms. The molecule has 3 aliphatic rings. The van der Waals surface area contributed by atoms with Crippen molar-refractivity contribution in [2.45, 2.75) is 89.4 Å². The molecule has 1 amide bonds. The van der Waals surface area contributed by atoms with E-state index in [4.69, 9.17) is 13.8 Å². The van der Waals surface area contributed by atoms with E-state index in [1.54, 1.807) is 26.1 Å². The van der Waals surface area contributed by atoms with Crippen LogP contribution in [0.5, 0.6) is 0 Å². The Labute approximate surface area is 219 Å². The third-order valence-electron chi connectivity index (χ3n) is 7.75. The highest BCUT2D eigenvalue weighted by molar-refractivity contribution is 7.44. The molecule has 37 heavy (non-hydrogen) atoms. The minimum Gasteiger partial charge on any atom is -0.352 e. The fourth-order valence-corrected chi connectivity index (χ4v) is 7.58. The molecule has 1 N–H and O–H groups in total. The Bertz CT molecular complexity index is 1160. The SMILES string of the molecule is CC[C@H]1O[C@@H](n2ccc(NC(=O)C(C)C)nc2=O)CC1O[P@@]1O[C@]2(c3ccccc3)CCCC[C@H]2N1C. The van der Waals surface area contributed by atoms with Crippen molar-refractivity contribution in [1.82, 2.24) is 14.2 Å². The van der Waals surface area contributed by atoms with Crippen LogP contribution in [0.2, 0.25) is 0 Å². The van der Waals surface area contributed by atoms with Crippen LogP contribution in [-0.4, -0.2) is 45.4 Å². The zero-order valence-electron chi connectivity index (χ0n) is 22.0. The van der Waals surface area contributed by atoms with E-state index in [-0.39, 0.29) is 41.5 Å². The van der Waals surface area contributed by atoms with Gasteiger partial charge in [-0.2, -0.15) is 4.98 Å². The first-order valence-corrected chi connectivity index (χ1v) is 14.4. The van der Waals surface area contributed by atoms with Crippen LogP contribution < -0.4 is 11.0 Å². The molecular weight excluding hydrogens is 491 g/mol. The molecule has 9 nitrogen and oxygen atoms in total. The summed E-state index contributed by atoms with van der Waals surface area (Å²) in [5, 5.41) is 2.67. The number of nitrogens with zero attached hydrogens (tertiary/aromatic N) is 3. The topological polar surface area (TPSA) is 94.9 Å². The molecule has 3 fully saturated rings. The molecule has 1 aromatic carbocycles. The normalized spacial score (nSPS) is 32.0. The first-order chi connectivity index (χ1) is 17.8. The van der Waals surface area contributed by atoms with Crippen molar-refractivity contribution in [2.24, 2.45) is 5.92 Å². The molecule has 0 radical (unpaired) electrons. The monoisotopic (exact) mass is 528 g/mol. The first-order valence-electron chi connectivity index (χ1n) is 13.3. The fraction of sp³-hybridized carbons (Fsp3) is 0.593. The maximum absolute atomic E-state index is 12.8. The molecule has 6 atom stereocenters. The minimum atomic E-state index is -1.29. The van der Waals surface area contributed by atoms with E-state index in [0.29, 0.717) is 6.42 Å². The van der Waals surface area contributed by atoms with Crippen LogP contribution in [0, 0.1) is 5.92 Å². The highest BCUT2D eigenvalue weighted by Gasteiger charge is 2.56. The van der Waals surface area contributed by atoms with Crippen LogP contribution in [0.15, 0.2) is 47.4 Å². The third-order valence-corrected chi connectivity index (χ3v) is 9.48. The number of anilines is 1. The average Bonchev–Trinajstić information content (AvgIpc) is 3.43. The Morgan fingerprint density at radius 2 is 2.05 bits per heavy atom. The molecular formula is C27H37N4O5P. The van der Waals surface area contributed by atoms with Crippen molar-refractivity contribution in [3.05, 3.63) is 58.6 Å². The number of nitrogens with one attached hydrogen (secondary N) is 1. The summed E-state index contributed by atoms with van der Waals surface area (Å²) in [6.45, 7) is 5.64. The summed E-state index contributed by atoms with van der Waals surface area (Å²) in [6, 6.07) is 12.4. The number of amides is 1. The number of rotatable bonds is 7. The largest absolute Gasteiger partial charge is 0.352 e. The molecule has 2 aromatic rings. The number of fused-ring (bicyclic) bond motifs is 1. The van der Waals surface area contributed by atoms with Gasteiger partial charge in [-0.3, -0.25) is 9.36 Å². The van der Waals surface area contributed by atoms with Crippen molar-refractivity contribution in [3.63, 3.8) is 0 Å². The van der Waals surface area contributed by atoms with Gasteiger partial charge in [-0.05, 0) is 37.9 Å². The van der Waals surface area contributed by atoms with Gasteiger partial charge < -0.3 is 19.1 Å². The Morgan fingerprint density at radius 1 is 1.27 bits per heavy atom. The number of carbonyl (C=O) groups excluding carboxylic acids is 1. The number of aromatic nitrogens is 2. The summed E-state index contributed by atoms with van der Waals surface area (Å²) in [6.07, 6.45) is 6.44. The third kappa shape index (κ3) is 5.12. The molecule has 10 heteroatoms. The van der Waals surface area contributed by atoms with Crippen LogP contribution >= 0.6 is 8.53 Å². The van der Waals surface area contributed by atoms with Gasteiger partial charge in [0.2, 0.25) is 5.91 Å². The maximum Gasteiger partial charge on any atom is 0.351 e. The molecule has 2 saturated heterocycles. The Kier molecular flexibility index (Phi) is 7.80. The predicted octanol–water partition coefficient (Wildman–Crippen LogP) is 4.95. The number of benzene rings is 1. The van der Waals surface area contributed by atoms with E-state index in [1.807, 2.05) is 6.07 Å². The number of likely N-dealkylation sites (N-methyl/N-ethyl adjacent to an activating group) is 1. The molecule has 200 valence electrons. The number of hydrogen-bond donors (Lipinski definition) is 1. The van der Waals surface area contributed by atoms with E-state index in [0.717, 1.165) is 25.7 Å². The molecule has 5 rings (SSSR count). The number of ether oxygens (including phenoxy) is 1. The second-order valence-electron chi connectivity index (χ2n) is 10.5. The minimum absolute atomic E-state index is 0.160. The van der Waals surface area contributed by atoms with E-state index in [1.165, 1.54) is 16.6 Å². The highest BCUT2D eigenvalue weighted by atomic mass is 31.2. The van der Waals surface area contributed by atoms with Gasteiger partial charge in [0.05, 0.1) is 18.2 Å². The van der Waals surface area contributed by atoms with Crippen molar-refractivity contribution < 1.29 is 18.6 Å². The lowest BCUT2D eigenvalue weighted by molar-refractivity contribution is -0.118. The molecule has 1 saturated carbocycles. The van der Waals surface area contributed by atoms with Gasteiger partial charge in [-0.1, -0.05) is 63.9 Å². The van der Waals surface area contributed by atoms with E-state index in [2.05, 4.69) is 53.2 Å². The van der Waals surface area contributed by atoms with E-state index in [9.17, 15) is 9.59 Å². The highest BCUT2D eigenvalue weighted by Crippen LogP contribution is 2.64. The molecule has 1 unspecified atom stereocenters. The van der Waals surface area contributed by atoms with Crippen molar-refractivity contribution >= 4 is 20.3 Å². The standard InChI is InChI=1S/C27H37N4O5P/c1-5-20-21(17-24(34-20)31-16-14-23(29-26(31)33)28-25(32)18(2)3)35-37-30(4)22-13-9-10-15-27(22,36-37)19-11-7-6-8-12-19/h6-8,11-12,14,16,18,20-22,24H,5,9-10,13,15,17H2,1-4H3,(H,28,29,32,33)/t20-,21?,22-,24-,27+,37+/m1/s1. The summed E-state index contributed by atoms with van der Waals surface area (Å²) in [7, 11) is 0.824. The van der Waals surface area contributed by atoms with Crippen molar-refractivity contribution in [1.29, 1.82) is 0 Å². The van der Waals surface area contributed by atoms with Crippen LogP contribution in [-0.2, 0) is 24.2 Å². The number of hydrogen-bond acceptors (Lipinski definition) is 7. The maximum atomic E-state index is 12.8. The van der Waals surface area contributed by atoms with Gasteiger partial charge in [0.1, 0.15) is 17.6 Å². The second-order valence-corrected chi connectivity index (χ2v) is 12.0.